The van der Waals surface area contributed by atoms with Gasteiger partial charge in [0.2, 0.25) is 0 Å². The zero-order chi connectivity index (χ0) is 14.9. The third-order valence-electron chi connectivity index (χ3n) is 3.69. The van der Waals surface area contributed by atoms with Crippen LogP contribution in [0.1, 0.15) is 25.6 Å². The molecule has 0 aromatic carbocycles. The van der Waals surface area contributed by atoms with E-state index in [4.69, 9.17) is 15.2 Å². The largest absolute Gasteiger partial charge is 0.394 e. The Kier molecular flexibility index (Phi) is 4.42. The molecule has 0 aliphatic carbocycles. The maximum Gasteiger partial charge on any atom is 0.351 e. The number of rotatable bonds is 4. The van der Waals surface area contributed by atoms with Crippen LogP contribution in [-0.2, 0) is 9.47 Å². The first-order valence-electron chi connectivity index (χ1n) is 6.72. The number of aliphatic hydroxyl groups excluding tert-OH is 1. The third kappa shape index (κ3) is 2.56. The number of aromatic nitrogens is 2. The van der Waals surface area contributed by atoms with Crippen molar-refractivity contribution >= 4 is 5.82 Å². The first kappa shape index (κ1) is 15.0. The molecule has 7 nitrogen and oxygen atoms in total. The van der Waals surface area contributed by atoms with Gasteiger partial charge in [0, 0.05) is 24.3 Å². The minimum absolute atomic E-state index is 0.0188. The minimum Gasteiger partial charge on any atom is -0.394 e. The zero-order valence-corrected chi connectivity index (χ0v) is 11.9. The standard InChI is InChI=1S/C13H21N3O4/c1-4-19-10-8(3)9(6-17)20-12(10)16-5-7(2)11(14)15-13(16)18/h5,8-10,12,17H,4,6H2,1-3H3,(H2,14,15,18)/t8-,9-,10-,12-/m1/s1. The Balaban J connectivity index is 2.39. The highest BCUT2D eigenvalue weighted by atomic mass is 16.6. The van der Waals surface area contributed by atoms with Gasteiger partial charge in [0.15, 0.2) is 6.23 Å². The Morgan fingerprint density at radius 2 is 2.30 bits per heavy atom. The van der Waals surface area contributed by atoms with Crippen LogP contribution in [0.4, 0.5) is 5.82 Å². The third-order valence-corrected chi connectivity index (χ3v) is 3.69. The predicted octanol–water partition coefficient (Wildman–Crippen LogP) is 0.0648. The van der Waals surface area contributed by atoms with Crippen molar-refractivity contribution in [2.75, 3.05) is 18.9 Å². The molecule has 1 saturated heterocycles. The van der Waals surface area contributed by atoms with Gasteiger partial charge in [-0.05, 0) is 13.8 Å². The topological polar surface area (TPSA) is 99.6 Å². The number of ether oxygens (including phenoxy) is 2. The van der Waals surface area contributed by atoms with E-state index in [1.165, 1.54) is 4.57 Å². The highest BCUT2D eigenvalue weighted by Gasteiger charge is 2.43. The Morgan fingerprint density at radius 3 is 2.90 bits per heavy atom. The van der Waals surface area contributed by atoms with Gasteiger partial charge in [-0.2, -0.15) is 4.98 Å². The molecule has 0 unspecified atom stereocenters. The van der Waals surface area contributed by atoms with Crippen molar-refractivity contribution in [3.05, 3.63) is 22.2 Å². The summed E-state index contributed by atoms with van der Waals surface area (Å²) in [6.07, 6.45) is 0.357. The van der Waals surface area contributed by atoms with Crippen molar-refractivity contribution in [1.82, 2.24) is 9.55 Å². The summed E-state index contributed by atoms with van der Waals surface area (Å²) in [7, 11) is 0. The van der Waals surface area contributed by atoms with Crippen molar-refractivity contribution in [3.8, 4) is 0 Å². The number of nitrogens with zero attached hydrogens (tertiary/aromatic N) is 2. The van der Waals surface area contributed by atoms with Crippen LogP contribution in [0.2, 0.25) is 0 Å². The molecule has 2 heterocycles. The van der Waals surface area contributed by atoms with Crippen molar-refractivity contribution in [2.45, 2.75) is 39.2 Å². The Bertz CT molecular complexity index is 531. The van der Waals surface area contributed by atoms with Crippen molar-refractivity contribution in [1.29, 1.82) is 0 Å². The fourth-order valence-corrected chi connectivity index (χ4v) is 2.47. The van der Waals surface area contributed by atoms with Crippen LogP contribution >= 0.6 is 0 Å². The van der Waals surface area contributed by atoms with Gasteiger partial charge in [0.05, 0.1) is 12.7 Å². The average Bonchev–Trinajstić information content (AvgIpc) is 2.72. The minimum atomic E-state index is -0.596. The number of anilines is 1. The smallest absolute Gasteiger partial charge is 0.351 e. The molecule has 1 aliphatic heterocycles. The Hall–Kier alpha value is -1.44. The molecule has 1 aromatic heterocycles. The SMILES string of the molecule is CCO[C@@H]1[C@H](C)[C@@H](CO)O[C@H]1n1cc(C)c(N)nc1=O. The van der Waals surface area contributed by atoms with Gasteiger partial charge < -0.3 is 20.3 Å². The monoisotopic (exact) mass is 283 g/mol. The molecule has 1 aromatic rings. The molecule has 3 N–H and O–H groups in total. The summed E-state index contributed by atoms with van der Waals surface area (Å²) < 4.78 is 12.8. The van der Waals surface area contributed by atoms with Gasteiger partial charge in [0.25, 0.3) is 0 Å². The molecule has 20 heavy (non-hydrogen) atoms. The van der Waals surface area contributed by atoms with E-state index in [1.54, 1.807) is 13.1 Å². The van der Waals surface area contributed by atoms with E-state index in [0.717, 1.165) is 0 Å². The normalized spacial score (nSPS) is 29.8. The van der Waals surface area contributed by atoms with E-state index < -0.39 is 11.9 Å². The van der Waals surface area contributed by atoms with Crippen molar-refractivity contribution < 1.29 is 14.6 Å². The molecule has 0 radical (unpaired) electrons. The molecule has 7 heteroatoms. The summed E-state index contributed by atoms with van der Waals surface area (Å²) in [5.41, 5.74) is 5.85. The van der Waals surface area contributed by atoms with E-state index in [9.17, 15) is 9.90 Å². The van der Waals surface area contributed by atoms with Gasteiger partial charge >= 0.3 is 5.69 Å². The van der Waals surface area contributed by atoms with E-state index in [2.05, 4.69) is 4.98 Å². The molecule has 2 rings (SSSR count). The fourth-order valence-electron chi connectivity index (χ4n) is 2.47. The quantitative estimate of drug-likeness (QED) is 0.811. The average molecular weight is 283 g/mol. The molecule has 0 amide bonds. The number of nitrogens with two attached hydrogens (primary N) is 1. The van der Waals surface area contributed by atoms with Gasteiger partial charge in [-0.3, -0.25) is 4.57 Å². The lowest BCUT2D eigenvalue weighted by atomic mass is 10.0. The van der Waals surface area contributed by atoms with Gasteiger partial charge in [-0.15, -0.1) is 0 Å². The van der Waals surface area contributed by atoms with Crippen LogP contribution in [0.15, 0.2) is 11.0 Å². The number of aliphatic hydroxyl groups is 1. The molecule has 1 aliphatic rings. The number of nitrogen functional groups attached to an aromatic ring is 1. The zero-order valence-electron chi connectivity index (χ0n) is 11.9. The Morgan fingerprint density at radius 1 is 1.60 bits per heavy atom. The lowest BCUT2D eigenvalue weighted by molar-refractivity contribution is -0.0708. The Labute approximate surface area is 117 Å². The molecule has 1 fully saturated rings. The molecule has 0 spiro atoms. The van der Waals surface area contributed by atoms with Crippen LogP contribution in [0.5, 0.6) is 0 Å². The molecule has 4 atom stereocenters. The van der Waals surface area contributed by atoms with Crippen LogP contribution in [0, 0.1) is 12.8 Å². The molecular weight excluding hydrogens is 262 g/mol. The summed E-state index contributed by atoms with van der Waals surface area (Å²) in [6, 6.07) is 0. The molecule has 0 saturated carbocycles. The first-order chi connectivity index (χ1) is 9.49. The summed E-state index contributed by atoms with van der Waals surface area (Å²) in [5, 5.41) is 9.35. The lowest BCUT2D eigenvalue weighted by Gasteiger charge is -2.22. The fraction of sp³-hybridized carbons (Fsp3) is 0.692. The van der Waals surface area contributed by atoms with Gasteiger partial charge in [-0.1, -0.05) is 6.92 Å². The second kappa shape index (κ2) is 5.90. The molecule has 0 bridgehead atoms. The number of hydrogen-bond acceptors (Lipinski definition) is 6. The summed E-state index contributed by atoms with van der Waals surface area (Å²) in [5.74, 6) is 0.193. The van der Waals surface area contributed by atoms with Crippen molar-refractivity contribution in [3.63, 3.8) is 0 Å². The first-order valence-corrected chi connectivity index (χ1v) is 6.72. The van der Waals surface area contributed by atoms with E-state index in [-0.39, 0.29) is 30.6 Å². The lowest BCUT2D eigenvalue weighted by Crippen LogP contribution is -2.35. The maximum atomic E-state index is 12.0. The van der Waals surface area contributed by atoms with Gasteiger partial charge in [0.1, 0.15) is 11.9 Å². The maximum absolute atomic E-state index is 12.0. The van der Waals surface area contributed by atoms with Crippen LogP contribution < -0.4 is 11.4 Å². The summed E-state index contributed by atoms with van der Waals surface area (Å²) >= 11 is 0. The summed E-state index contributed by atoms with van der Waals surface area (Å²) in [4.78, 5) is 15.8. The molecular formula is C13H21N3O4. The highest BCUT2D eigenvalue weighted by Crippen LogP contribution is 2.35. The van der Waals surface area contributed by atoms with Crippen molar-refractivity contribution in [2.24, 2.45) is 5.92 Å². The second-order valence-electron chi connectivity index (χ2n) is 5.03. The molecule has 112 valence electrons. The van der Waals surface area contributed by atoms with Gasteiger partial charge in [-0.25, -0.2) is 4.79 Å². The van der Waals surface area contributed by atoms with E-state index >= 15 is 0 Å². The summed E-state index contributed by atoms with van der Waals surface area (Å²) in [6.45, 7) is 5.98. The van der Waals surface area contributed by atoms with Crippen LogP contribution in [0.25, 0.3) is 0 Å². The predicted molar refractivity (Wildman–Crippen MR) is 73.2 cm³/mol. The highest BCUT2D eigenvalue weighted by molar-refractivity contribution is 5.35. The van der Waals surface area contributed by atoms with E-state index in [0.29, 0.717) is 12.2 Å². The van der Waals surface area contributed by atoms with E-state index in [1.807, 2.05) is 13.8 Å². The number of hydrogen-bond donors (Lipinski definition) is 2. The van der Waals surface area contributed by atoms with Crippen LogP contribution in [-0.4, -0.2) is 40.1 Å². The second-order valence-corrected chi connectivity index (χ2v) is 5.03. The number of aryl methyl sites for hydroxylation is 1. The van der Waals surface area contributed by atoms with Crippen LogP contribution in [0.3, 0.4) is 0 Å².